The highest BCUT2D eigenvalue weighted by atomic mass is 16.5. The summed E-state index contributed by atoms with van der Waals surface area (Å²) >= 11 is 0. The Kier molecular flexibility index (Phi) is 4.59. The normalized spacial score (nSPS) is 10.1. The average Bonchev–Trinajstić information content (AvgIpc) is 2.61. The van der Waals surface area contributed by atoms with Crippen LogP contribution in [0.4, 0.5) is 0 Å². The number of ether oxygens (including phenoxy) is 1. The summed E-state index contributed by atoms with van der Waals surface area (Å²) in [6, 6.07) is 0. The SMILES string of the molecule is C=CC(=O)OCCn1c(O)c(C=C)c(CC)c1O. The van der Waals surface area contributed by atoms with Gasteiger partial charge in [0.15, 0.2) is 5.88 Å². The summed E-state index contributed by atoms with van der Waals surface area (Å²) in [5, 5.41) is 19.9. The zero-order chi connectivity index (χ0) is 13.7. The first-order chi connectivity index (χ1) is 8.56. The molecule has 18 heavy (non-hydrogen) atoms. The Morgan fingerprint density at radius 3 is 2.50 bits per heavy atom. The lowest BCUT2D eigenvalue weighted by Gasteiger charge is -2.07. The molecule has 0 unspecified atom stereocenters. The van der Waals surface area contributed by atoms with Gasteiger partial charge < -0.3 is 14.9 Å². The van der Waals surface area contributed by atoms with E-state index in [-0.39, 0.29) is 24.9 Å². The third-order valence-electron chi connectivity index (χ3n) is 2.63. The van der Waals surface area contributed by atoms with Crippen LogP contribution in [0.25, 0.3) is 6.08 Å². The fraction of sp³-hybridized carbons (Fsp3) is 0.308. The van der Waals surface area contributed by atoms with Crippen molar-refractivity contribution >= 4 is 12.0 Å². The van der Waals surface area contributed by atoms with Crippen LogP contribution in [0.15, 0.2) is 19.2 Å². The average molecular weight is 251 g/mol. The lowest BCUT2D eigenvalue weighted by Crippen LogP contribution is -2.08. The number of rotatable bonds is 6. The van der Waals surface area contributed by atoms with Gasteiger partial charge in [0.05, 0.1) is 6.54 Å². The first-order valence-corrected chi connectivity index (χ1v) is 5.61. The Bertz CT molecular complexity index is 474. The Morgan fingerprint density at radius 1 is 1.39 bits per heavy atom. The third kappa shape index (κ3) is 2.56. The second kappa shape index (κ2) is 5.95. The van der Waals surface area contributed by atoms with E-state index in [4.69, 9.17) is 4.74 Å². The molecule has 0 spiro atoms. The molecule has 0 saturated heterocycles. The van der Waals surface area contributed by atoms with E-state index in [1.807, 2.05) is 6.92 Å². The molecule has 1 aromatic heterocycles. The maximum Gasteiger partial charge on any atom is 0.330 e. The minimum Gasteiger partial charge on any atom is -0.494 e. The van der Waals surface area contributed by atoms with Gasteiger partial charge >= 0.3 is 5.97 Å². The summed E-state index contributed by atoms with van der Waals surface area (Å²) in [6.45, 7) is 8.94. The maximum absolute atomic E-state index is 10.9. The Hall–Kier alpha value is -2.17. The van der Waals surface area contributed by atoms with Crippen molar-refractivity contribution in [2.75, 3.05) is 6.61 Å². The molecule has 0 atom stereocenters. The number of carbonyl (C=O) groups excluding carboxylic acids is 1. The molecular weight excluding hydrogens is 234 g/mol. The van der Waals surface area contributed by atoms with Crippen molar-refractivity contribution in [2.45, 2.75) is 19.9 Å². The van der Waals surface area contributed by atoms with E-state index < -0.39 is 5.97 Å². The van der Waals surface area contributed by atoms with Gasteiger partial charge in [-0.25, -0.2) is 4.79 Å². The predicted molar refractivity (Wildman–Crippen MR) is 68.4 cm³/mol. The van der Waals surface area contributed by atoms with Gasteiger partial charge in [0.2, 0.25) is 5.88 Å². The van der Waals surface area contributed by atoms with Gasteiger partial charge in [0.25, 0.3) is 0 Å². The zero-order valence-corrected chi connectivity index (χ0v) is 10.3. The largest absolute Gasteiger partial charge is 0.494 e. The van der Waals surface area contributed by atoms with Gasteiger partial charge in [0.1, 0.15) is 6.61 Å². The maximum atomic E-state index is 10.9. The van der Waals surface area contributed by atoms with Crippen LogP contribution in [0.2, 0.25) is 0 Å². The van der Waals surface area contributed by atoms with Gasteiger partial charge in [-0.05, 0) is 6.42 Å². The van der Waals surface area contributed by atoms with Crippen LogP contribution in [0.1, 0.15) is 18.1 Å². The summed E-state index contributed by atoms with van der Waals surface area (Å²) in [6.07, 6.45) is 3.11. The lowest BCUT2D eigenvalue weighted by atomic mass is 10.1. The number of hydrogen-bond acceptors (Lipinski definition) is 4. The quantitative estimate of drug-likeness (QED) is 0.597. The molecule has 0 aliphatic heterocycles. The minimum atomic E-state index is -0.541. The van der Waals surface area contributed by atoms with Crippen molar-refractivity contribution in [3.05, 3.63) is 30.4 Å². The molecule has 2 N–H and O–H groups in total. The van der Waals surface area contributed by atoms with Gasteiger partial charge in [-0.15, -0.1) is 0 Å². The third-order valence-corrected chi connectivity index (χ3v) is 2.63. The van der Waals surface area contributed by atoms with Crippen molar-refractivity contribution in [1.82, 2.24) is 4.57 Å². The Morgan fingerprint density at radius 2 is 2.06 bits per heavy atom. The number of aromatic nitrogens is 1. The fourth-order valence-corrected chi connectivity index (χ4v) is 1.74. The van der Waals surface area contributed by atoms with Crippen molar-refractivity contribution < 1.29 is 19.7 Å². The topological polar surface area (TPSA) is 71.7 Å². The second-order valence-electron chi connectivity index (χ2n) is 3.62. The van der Waals surface area contributed by atoms with Gasteiger partial charge in [-0.1, -0.05) is 26.2 Å². The molecule has 0 bridgehead atoms. The first kappa shape index (κ1) is 13.9. The molecule has 1 heterocycles. The summed E-state index contributed by atoms with van der Waals surface area (Å²) < 4.78 is 6.08. The van der Waals surface area contributed by atoms with Crippen molar-refractivity contribution in [3.63, 3.8) is 0 Å². The predicted octanol–water partition coefficient (Wildman–Crippen LogP) is 1.83. The number of aromatic hydroxyl groups is 2. The highest BCUT2D eigenvalue weighted by Crippen LogP contribution is 2.34. The molecule has 0 saturated carbocycles. The van der Waals surface area contributed by atoms with E-state index in [2.05, 4.69) is 13.2 Å². The van der Waals surface area contributed by atoms with Crippen LogP contribution in [-0.4, -0.2) is 27.4 Å². The number of nitrogens with zero attached hydrogens (tertiary/aromatic N) is 1. The molecule has 0 aliphatic rings. The summed E-state index contributed by atoms with van der Waals surface area (Å²) in [5.41, 5.74) is 1.13. The van der Waals surface area contributed by atoms with Gasteiger partial charge in [-0.3, -0.25) is 4.57 Å². The molecule has 0 amide bonds. The summed E-state index contributed by atoms with van der Waals surface area (Å²) in [5.74, 6) is -0.644. The number of carbonyl (C=O) groups is 1. The van der Waals surface area contributed by atoms with Crippen LogP contribution in [0.3, 0.4) is 0 Å². The molecule has 5 heteroatoms. The van der Waals surface area contributed by atoms with Gasteiger partial charge in [0, 0.05) is 17.2 Å². The Labute approximate surface area is 106 Å². The van der Waals surface area contributed by atoms with E-state index in [9.17, 15) is 15.0 Å². The molecule has 0 radical (unpaired) electrons. The first-order valence-electron chi connectivity index (χ1n) is 5.61. The monoisotopic (exact) mass is 251 g/mol. The molecular formula is C13H17NO4. The van der Waals surface area contributed by atoms with E-state index in [1.165, 1.54) is 10.6 Å². The van der Waals surface area contributed by atoms with Crippen LogP contribution in [-0.2, 0) is 22.5 Å². The van der Waals surface area contributed by atoms with Crippen LogP contribution >= 0.6 is 0 Å². The van der Waals surface area contributed by atoms with E-state index in [1.54, 1.807) is 0 Å². The molecule has 0 aromatic carbocycles. The molecule has 0 fully saturated rings. The molecule has 98 valence electrons. The summed E-state index contributed by atoms with van der Waals surface area (Å²) in [4.78, 5) is 10.9. The number of hydrogen-bond donors (Lipinski definition) is 2. The highest BCUT2D eigenvalue weighted by molar-refractivity contribution is 5.81. The Balaban J connectivity index is 2.89. The summed E-state index contributed by atoms with van der Waals surface area (Å²) in [7, 11) is 0. The van der Waals surface area contributed by atoms with Gasteiger partial charge in [-0.2, -0.15) is 0 Å². The smallest absolute Gasteiger partial charge is 0.330 e. The lowest BCUT2D eigenvalue weighted by molar-refractivity contribution is -0.138. The number of esters is 1. The van der Waals surface area contributed by atoms with Crippen LogP contribution < -0.4 is 0 Å². The molecule has 1 rings (SSSR count). The van der Waals surface area contributed by atoms with E-state index >= 15 is 0 Å². The van der Waals surface area contributed by atoms with E-state index in [0.717, 1.165) is 6.08 Å². The second-order valence-corrected chi connectivity index (χ2v) is 3.62. The zero-order valence-electron chi connectivity index (χ0n) is 10.3. The fourth-order valence-electron chi connectivity index (χ4n) is 1.74. The van der Waals surface area contributed by atoms with Crippen molar-refractivity contribution in [3.8, 4) is 11.8 Å². The van der Waals surface area contributed by atoms with Crippen LogP contribution in [0.5, 0.6) is 11.8 Å². The molecule has 0 aliphatic carbocycles. The molecule has 5 nitrogen and oxygen atoms in total. The van der Waals surface area contributed by atoms with Crippen LogP contribution in [0, 0.1) is 0 Å². The van der Waals surface area contributed by atoms with Crippen molar-refractivity contribution in [2.24, 2.45) is 0 Å². The minimum absolute atomic E-state index is 0.0282. The standard InChI is InChI=1S/C13H17NO4/c1-4-9-10(5-2)13(17)14(12(9)16)7-8-18-11(15)6-3/h4,6,16-17H,1,3,5,7-8H2,2H3. The highest BCUT2D eigenvalue weighted by Gasteiger charge is 2.18. The van der Waals surface area contributed by atoms with E-state index in [0.29, 0.717) is 17.5 Å². The van der Waals surface area contributed by atoms with Crippen molar-refractivity contribution in [1.29, 1.82) is 0 Å². The molecule has 1 aromatic rings.